The number of hydrogen-bond acceptors (Lipinski definition) is 1. The molecule has 11 aromatic carbocycles. The van der Waals surface area contributed by atoms with E-state index in [1.54, 1.807) is 0 Å². The highest BCUT2D eigenvalue weighted by Crippen LogP contribution is 2.65. The maximum absolute atomic E-state index is 2.54. The number of rotatable bonds is 9. The summed E-state index contributed by atoms with van der Waals surface area (Å²) in [6.07, 6.45) is 14.7. The Kier molecular flexibility index (Phi) is 11.4. The fourth-order valence-electron chi connectivity index (χ4n) is 14.9. The minimum absolute atomic E-state index is 0.472. The summed E-state index contributed by atoms with van der Waals surface area (Å²) in [5.41, 5.74) is 31.2. The highest BCUT2D eigenvalue weighted by atomic mass is 32.1. The lowest BCUT2D eigenvalue weighted by Crippen LogP contribution is -2.25. The van der Waals surface area contributed by atoms with E-state index < -0.39 is 5.41 Å². The van der Waals surface area contributed by atoms with Crippen LogP contribution in [-0.4, -0.2) is 4.57 Å². The van der Waals surface area contributed by atoms with Crippen molar-refractivity contribution in [2.24, 2.45) is 0 Å². The van der Waals surface area contributed by atoms with Gasteiger partial charge in [0.2, 0.25) is 0 Å². The van der Waals surface area contributed by atoms with E-state index in [1.807, 2.05) is 11.3 Å². The highest BCUT2D eigenvalue weighted by Gasteiger charge is 2.52. The Hall–Kier alpha value is -9.86. The molecule has 1 spiro atoms. The predicted octanol–water partition coefficient (Wildman–Crippen LogP) is 21.5. The number of allylic oxidation sites excluding steroid dienone is 6. The molecule has 2 aromatic heterocycles. The summed E-state index contributed by atoms with van der Waals surface area (Å²) in [5, 5.41) is 3.93. The quantitative estimate of drug-likeness (QED) is 0.136. The van der Waals surface area contributed by atoms with Gasteiger partial charge in [-0.2, -0.15) is 0 Å². The smallest absolute Gasteiger partial charge is 0.0726 e. The van der Waals surface area contributed by atoms with Crippen LogP contribution in [0.5, 0.6) is 0 Å². The minimum atomic E-state index is -0.472. The van der Waals surface area contributed by atoms with Crippen molar-refractivity contribution in [3.05, 3.63) is 345 Å². The minimum Gasteiger partial charge on any atom is -0.309 e. The van der Waals surface area contributed by atoms with E-state index in [4.69, 9.17) is 0 Å². The zero-order valence-corrected chi connectivity index (χ0v) is 47.3. The fourth-order valence-corrected chi connectivity index (χ4v) is 16.3. The van der Waals surface area contributed by atoms with Crippen molar-refractivity contribution >= 4 is 60.5 Å². The van der Waals surface area contributed by atoms with Crippen LogP contribution < -0.4 is 0 Å². The first-order valence-corrected chi connectivity index (χ1v) is 30.6. The molecule has 17 rings (SSSR count). The van der Waals surface area contributed by atoms with Crippen LogP contribution >= 0.6 is 11.3 Å². The van der Waals surface area contributed by atoms with E-state index in [0.717, 1.165) is 32.1 Å². The van der Waals surface area contributed by atoms with Gasteiger partial charge in [0.05, 0.1) is 16.4 Å². The summed E-state index contributed by atoms with van der Waals surface area (Å²) in [6.45, 7) is 0. The molecule has 0 saturated carbocycles. The average Bonchev–Trinajstić information content (AvgIpc) is 1.71. The maximum atomic E-state index is 2.54. The maximum Gasteiger partial charge on any atom is 0.0726 e. The predicted molar refractivity (Wildman–Crippen MR) is 355 cm³/mol. The van der Waals surface area contributed by atoms with Crippen LogP contribution in [-0.2, 0) is 18.3 Å². The number of aromatic nitrogens is 1. The first-order valence-electron chi connectivity index (χ1n) is 29.8. The molecule has 0 saturated heterocycles. The summed E-state index contributed by atoms with van der Waals surface area (Å²) in [6, 6.07) is 97.8. The van der Waals surface area contributed by atoms with Gasteiger partial charge in [-0.05, 0) is 185 Å². The van der Waals surface area contributed by atoms with Gasteiger partial charge in [-0.15, -0.1) is 11.3 Å². The first-order chi connectivity index (χ1) is 41.6. The van der Waals surface area contributed by atoms with E-state index in [1.165, 1.54) is 159 Å². The van der Waals surface area contributed by atoms with E-state index in [2.05, 4.69) is 290 Å². The lowest BCUT2D eigenvalue weighted by Gasteiger charge is -2.30. The molecule has 396 valence electrons. The monoisotopic (exact) mass is 1090 g/mol. The molecule has 4 aliphatic carbocycles. The third-order valence-corrected chi connectivity index (χ3v) is 20.0. The Morgan fingerprint density at radius 3 is 1.86 bits per heavy atom. The second-order valence-electron chi connectivity index (χ2n) is 23.2. The van der Waals surface area contributed by atoms with Gasteiger partial charge in [-0.1, -0.05) is 249 Å². The third kappa shape index (κ3) is 7.67. The SMILES string of the molecule is C1=C(/C(=C\c2ccc(C3=CCCc4c3sc3c5c(ccc43)C3(c4ccccc4-c4ccc(-c6ccc7c(c6)c6ccccc6n7-c6ccccc6)cc43)c3ccccc3-5)cc2)Cc2ccc(-c3ccccc3)cc2)CCC(c2ccccc2)=C1. The number of nitrogens with zero attached hydrogens (tertiary/aromatic N) is 1. The number of fused-ring (bicyclic) bond motifs is 17. The molecule has 2 heterocycles. The van der Waals surface area contributed by atoms with Gasteiger partial charge in [-0.25, -0.2) is 0 Å². The van der Waals surface area contributed by atoms with Crippen molar-refractivity contribution in [1.82, 2.24) is 4.57 Å². The molecule has 13 aromatic rings. The highest BCUT2D eigenvalue weighted by molar-refractivity contribution is 7.21. The summed E-state index contributed by atoms with van der Waals surface area (Å²) >= 11 is 2.02. The molecule has 0 radical (unpaired) electrons. The molecule has 2 heteroatoms. The molecule has 0 amide bonds. The molecule has 0 N–H and O–H groups in total. The molecule has 0 fully saturated rings. The van der Waals surface area contributed by atoms with Crippen LogP contribution in [0.25, 0.3) is 99.3 Å². The molecule has 0 bridgehead atoms. The van der Waals surface area contributed by atoms with Gasteiger partial charge in [0.1, 0.15) is 0 Å². The van der Waals surface area contributed by atoms with Crippen molar-refractivity contribution in [1.29, 1.82) is 0 Å². The summed E-state index contributed by atoms with van der Waals surface area (Å²) in [5.74, 6) is 0. The second kappa shape index (κ2) is 19.7. The fraction of sp³-hybridized carbons (Fsp3) is 0.0732. The van der Waals surface area contributed by atoms with Crippen LogP contribution in [0.4, 0.5) is 0 Å². The Bertz CT molecular complexity index is 4930. The summed E-state index contributed by atoms with van der Waals surface area (Å²) in [4.78, 5) is 1.41. The van der Waals surface area contributed by atoms with Crippen molar-refractivity contribution in [2.45, 2.75) is 37.5 Å². The van der Waals surface area contributed by atoms with Gasteiger partial charge in [0.25, 0.3) is 0 Å². The molecule has 4 aliphatic rings. The molecular formula is C82H57NS. The Morgan fingerprint density at radius 1 is 0.440 bits per heavy atom. The van der Waals surface area contributed by atoms with Crippen molar-refractivity contribution in [3.63, 3.8) is 0 Å². The van der Waals surface area contributed by atoms with Crippen molar-refractivity contribution in [3.8, 4) is 50.2 Å². The number of thiophene rings is 1. The number of benzene rings is 11. The topological polar surface area (TPSA) is 4.93 Å². The molecule has 1 nitrogen and oxygen atoms in total. The molecular weight excluding hydrogens is 1030 g/mol. The van der Waals surface area contributed by atoms with Gasteiger partial charge in [0.15, 0.2) is 0 Å². The Labute approximate surface area is 494 Å². The molecule has 0 aliphatic heterocycles. The standard InChI is InChI=1S/C82H57NS/c1-4-17-55(18-5-1)57-35-31-53(32-36-57)49-63(59-41-39-58(40-42-59)56-19-6-2-7-20-56)50-54-33-37-60(38-34-54)65-26-16-27-69-70-46-47-75-79(81(70)84-80(65)69)71-25-11-14-29-74(71)82(75)73-28-13-10-23-66(73)67-45-43-62(52-76(67)82)61-44-48-78-72(51-61)68-24-12-15-30-77(68)83(78)64-21-8-3-9-22-64/h1-15,17-26,28-39,41,43-48,50-52H,16,27,40,42,49H2/b63-50-. The van der Waals surface area contributed by atoms with Crippen LogP contribution in [0.15, 0.2) is 290 Å². The van der Waals surface area contributed by atoms with E-state index in [0.29, 0.717) is 0 Å². The van der Waals surface area contributed by atoms with Gasteiger partial charge >= 0.3 is 0 Å². The lowest BCUT2D eigenvalue weighted by molar-refractivity contribution is 0.795. The van der Waals surface area contributed by atoms with Crippen molar-refractivity contribution < 1.29 is 0 Å². The summed E-state index contributed by atoms with van der Waals surface area (Å²) < 4.78 is 3.81. The van der Waals surface area contributed by atoms with Crippen LogP contribution in [0.2, 0.25) is 0 Å². The number of hydrogen-bond donors (Lipinski definition) is 0. The molecule has 1 unspecified atom stereocenters. The molecule has 84 heavy (non-hydrogen) atoms. The van der Waals surface area contributed by atoms with E-state index in [9.17, 15) is 0 Å². The second-order valence-corrected chi connectivity index (χ2v) is 24.3. The largest absolute Gasteiger partial charge is 0.309 e. The average molecular weight is 1090 g/mol. The zero-order valence-electron chi connectivity index (χ0n) is 46.5. The van der Waals surface area contributed by atoms with Crippen LogP contribution in [0, 0.1) is 0 Å². The lowest BCUT2D eigenvalue weighted by atomic mass is 9.70. The number of para-hydroxylation sites is 2. The zero-order chi connectivity index (χ0) is 55.3. The normalized spacial score (nSPS) is 15.8. The summed E-state index contributed by atoms with van der Waals surface area (Å²) in [7, 11) is 0. The number of aryl methyl sites for hydroxylation is 1. The molecule has 1 atom stereocenters. The third-order valence-electron chi connectivity index (χ3n) is 18.7. The van der Waals surface area contributed by atoms with Gasteiger partial charge in [-0.3, -0.25) is 0 Å². The van der Waals surface area contributed by atoms with Gasteiger partial charge < -0.3 is 4.57 Å². The van der Waals surface area contributed by atoms with Crippen LogP contribution in [0.1, 0.15) is 74.2 Å². The van der Waals surface area contributed by atoms with E-state index in [-0.39, 0.29) is 0 Å². The van der Waals surface area contributed by atoms with Gasteiger partial charge in [0, 0.05) is 31.6 Å². The van der Waals surface area contributed by atoms with Crippen molar-refractivity contribution in [2.75, 3.05) is 0 Å². The van der Waals surface area contributed by atoms with Crippen LogP contribution in [0.3, 0.4) is 0 Å². The Morgan fingerprint density at radius 2 is 1.07 bits per heavy atom. The van der Waals surface area contributed by atoms with E-state index >= 15 is 0 Å². The Balaban J connectivity index is 0.748. The first kappa shape index (κ1) is 48.8.